The van der Waals surface area contributed by atoms with E-state index >= 15 is 0 Å². The summed E-state index contributed by atoms with van der Waals surface area (Å²) in [5.74, 6) is -1.03. The highest BCUT2D eigenvalue weighted by Crippen LogP contribution is 2.43. The van der Waals surface area contributed by atoms with E-state index in [1.54, 1.807) is 0 Å². The molecule has 3 aliphatic rings. The Morgan fingerprint density at radius 3 is 2.50 bits per heavy atom. The molecular formula is C15H24N2O3. The molecule has 20 heavy (non-hydrogen) atoms. The first-order valence-corrected chi connectivity index (χ1v) is 7.83. The molecule has 2 saturated heterocycles. The molecule has 2 heterocycles. The smallest absolute Gasteiger partial charge is 0.308 e. The van der Waals surface area contributed by atoms with E-state index in [-0.39, 0.29) is 29.4 Å². The first kappa shape index (κ1) is 13.9. The number of carboxylic acid groups (broad SMARTS) is 1. The van der Waals surface area contributed by atoms with Gasteiger partial charge in [-0.25, -0.2) is 0 Å². The molecule has 3 fully saturated rings. The number of fused-ring (bicyclic) bond motifs is 2. The minimum atomic E-state index is -0.755. The zero-order chi connectivity index (χ0) is 14.3. The molecule has 3 rings (SSSR count). The number of amides is 1. The van der Waals surface area contributed by atoms with Crippen LogP contribution in [0.15, 0.2) is 0 Å². The van der Waals surface area contributed by atoms with Crippen molar-refractivity contribution >= 4 is 11.9 Å². The summed E-state index contributed by atoms with van der Waals surface area (Å²) >= 11 is 0. The number of carbonyl (C=O) groups excluding carboxylic acids is 1. The molecule has 3 atom stereocenters. The maximum atomic E-state index is 12.6. The minimum absolute atomic E-state index is 0.0859. The maximum absolute atomic E-state index is 12.6. The Morgan fingerprint density at radius 1 is 1.20 bits per heavy atom. The standard InChI is InChI=1S/C15H24N2O3/c16-15(6-2-1-3-7-15)9-13(18)17-10-4-5-12(17)11(8-10)14(19)20/h10-12H,1-9,16H2,(H,19,20). The average molecular weight is 280 g/mol. The highest BCUT2D eigenvalue weighted by molar-refractivity contribution is 5.81. The lowest BCUT2D eigenvalue weighted by atomic mass is 9.80. The first-order chi connectivity index (χ1) is 9.50. The van der Waals surface area contributed by atoms with Gasteiger partial charge in [-0.2, -0.15) is 0 Å². The summed E-state index contributed by atoms with van der Waals surface area (Å²) in [5.41, 5.74) is 6.02. The summed E-state index contributed by atoms with van der Waals surface area (Å²) in [5, 5.41) is 9.24. The van der Waals surface area contributed by atoms with Crippen LogP contribution in [0, 0.1) is 5.92 Å². The van der Waals surface area contributed by atoms with Gasteiger partial charge in [-0.15, -0.1) is 0 Å². The monoisotopic (exact) mass is 280 g/mol. The molecular weight excluding hydrogens is 256 g/mol. The summed E-state index contributed by atoms with van der Waals surface area (Å²) in [7, 11) is 0. The molecule has 2 bridgehead atoms. The lowest BCUT2D eigenvalue weighted by Gasteiger charge is -2.35. The number of carbonyl (C=O) groups is 2. The van der Waals surface area contributed by atoms with Crippen LogP contribution in [0.1, 0.15) is 57.8 Å². The zero-order valence-corrected chi connectivity index (χ0v) is 11.9. The highest BCUT2D eigenvalue weighted by Gasteiger charge is 2.51. The van der Waals surface area contributed by atoms with Gasteiger partial charge in [-0.1, -0.05) is 19.3 Å². The third-order valence-electron chi connectivity index (χ3n) is 5.49. The van der Waals surface area contributed by atoms with E-state index in [0.717, 1.165) is 38.5 Å². The normalized spacial score (nSPS) is 35.2. The Labute approximate surface area is 119 Å². The molecule has 0 aromatic carbocycles. The van der Waals surface area contributed by atoms with Crippen LogP contribution in [-0.2, 0) is 9.59 Å². The second kappa shape index (κ2) is 5.02. The van der Waals surface area contributed by atoms with E-state index in [1.807, 2.05) is 4.90 Å². The fourth-order valence-electron chi connectivity index (χ4n) is 4.47. The van der Waals surface area contributed by atoms with Crippen LogP contribution in [0.2, 0.25) is 0 Å². The lowest BCUT2D eigenvalue weighted by Crippen LogP contribution is -2.48. The molecule has 5 nitrogen and oxygen atoms in total. The number of hydrogen-bond donors (Lipinski definition) is 2. The Balaban J connectivity index is 1.67. The Hall–Kier alpha value is -1.10. The van der Waals surface area contributed by atoms with Crippen LogP contribution in [0.25, 0.3) is 0 Å². The maximum Gasteiger partial charge on any atom is 0.308 e. The molecule has 3 unspecified atom stereocenters. The molecule has 0 radical (unpaired) electrons. The predicted molar refractivity (Wildman–Crippen MR) is 74.0 cm³/mol. The highest BCUT2D eigenvalue weighted by atomic mass is 16.4. The van der Waals surface area contributed by atoms with Gasteiger partial charge in [-0.3, -0.25) is 9.59 Å². The number of carboxylic acids is 1. The van der Waals surface area contributed by atoms with E-state index in [2.05, 4.69) is 0 Å². The molecule has 1 aliphatic carbocycles. The summed E-state index contributed by atoms with van der Waals surface area (Å²) in [6.45, 7) is 0. The second-order valence-electron chi connectivity index (χ2n) is 6.88. The van der Waals surface area contributed by atoms with Crippen molar-refractivity contribution in [2.75, 3.05) is 0 Å². The summed E-state index contributed by atoms with van der Waals surface area (Å²) in [4.78, 5) is 25.7. The van der Waals surface area contributed by atoms with Gasteiger partial charge in [0.2, 0.25) is 5.91 Å². The van der Waals surface area contributed by atoms with Gasteiger partial charge >= 0.3 is 5.97 Å². The Morgan fingerprint density at radius 2 is 1.90 bits per heavy atom. The molecule has 5 heteroatoms. The molecule has 3 N–H and O–H groups in total. The van der Waals surface area contributed by atoms with Crippen LogP contribution in [-0.4, -0.2) is 39.5 Å². The van der Waals surface area contributed by atoms with Crippen molar-refractivity contribution in [2.45, 2.75) is 75.4 Å². The van der Waals surface area contributed by atoms with Crippen LogP contribution >= 0.6 is 0 Å². The van der Waals surface area contributed by atoms with Crippen molar-refractivity contribution < 1.29 is 14.7 Å². The number of rotatable bonds is 3. The number of hydrogen-bond acceptors (Lipinski definition) is 3. The van der Waals surface area contributed by atoms with E-state index in [4.69, 9.17) is 5.73 Å². The van der Waals surface area contributed by atoms with E-state index in [1.165, 1.54) is 6.42 Å². The first-order valence-electron chi connectivity index (χ1n) is 7.83. The fourth-order valence-corrected chi connectivity index (χ4v) is 4.47. The average Bonchev–Trinajstić information content (AvgIpc) is 2.96. The SMILES string of the molecule is NC1(CC(=O)N2C3CCC2C(C(=O)O)C3)CCCCC1. The van der Waals surface area contributed by atoms with Crippen LogP contribution in [0.5, 0.6) is 0 Å². The molecule has 112 valence electrons. The number of aliphatic carboxylic acids is 1. The summed E-state index contributed by atoms with van der Waals surface area (Å²) < 4.78 is 0. The molecule has 0 aromatic heterocycles. The van der Waals surface area contributed by atoms with Gasteiger partial charge in [0.15, 0.2) is 0 Å². The zero-order valence-electron chi connectivity index (χ0n) is 11.9. The quantitative estimate of drug-likeness (QED) is 0.820. The number of nitrogens with two attached hydrogens (primary N) is 1. The van der Waals surface area contributed by atoms with Gasteiger partial charge in [0.25, 0.3) is 0 Å². The van der Waals surface area contributed by atoms with E-state index in [9.17, 15) is 14.7 Å². The van der Waals surface area contributed by atoms with Crippen molar-refractivity contribution in [3.8, 4) is 0 Å². The fraction of sp³-hybridized carbons (Fsp3) is 0.867. The van der Waals surface area contributed by atoms with Crippen LogP contribution in [0.4, 0.5) is 0 Å². The van der Waals surface area contributed by atoms with E-state index < -0.39 is 5.97 Å². The van der Waals surface area contributed by atoms with Gasteiger partial charge < -0.3 is 15.7 Å². The molecule has 2 aliphatic heterocycles. The molecule has 0 spiro atoms. The topological polar surface area (TPSA) is 83.6 Å². The minimum Gasteiger partial charge on any atom is -0.481 e. The molecule has 1 saturated carbocycles. The van der Waals surface area contributed by atoms with Crippen LogP contribution in [0.3, 0.4) is 0 Å². The Kier molecular flexibility index (Phi) is 3.48. The number of nitrogens with zero attached hydrogens (tertiary/aromatic N) is 1. The van der Waals surface area contributed by atoms with Crippen molar-refractivity contribution in [1.82, 2.24) is 4.90 Å². The lowest BCUT2D eigenvalue weighted by molar-refractivity contribution is -0.143. The third kappa shape index (κ3) is 2.32. The molecule has 1 amide bonds. The third-order valence-corrected chi connectivity index (χ3v) is 5.49. The molecule has 0 aromatic rings. The summed E-state index contributed by atoms with van der Waals surface area (Å²) in [6, 6.07) is 0.0537. The van der Waals surface area contributed by atoms with Crippen molar-refractivity contribution in [3.05, 3.63) is 0 Å². The van der Waals surface area contributed by atoms with Gasteiger partial charge in [0, 0.05) is 24.0 Å². The summed E-state index contributed by atoms with van der Waals surface area (Å²) in [6.07, 6.45) is 8.08. The van der Waals surface area contributed by atoms with Crippen LogP contribution < -0.4 is 5.73 Å². The second-order valence-corrected chi connectivity index (χ2v) is 6.88. The van der Waals surface area contributed by atoms with Gasteiger partial charge in [0.1, 0.15) is 0 Å². The largest absolute Gasteiger partial charge is 0.481 e. The van der Waals surface area contributed by atoms with E-state index in [0.29, 0.717) is 12.8 Å². The van der Waals surface area contributed by atoms with Gasteiger partial charge in [-0.05, 0) is 32.1 Å². The predicted octanol–water partition coefficient (Wildman–Crippen LogP) is 1.50. The van der Waals surface area contributed by atoms with Crippen molar-refractivity contribution in [3.63, 3.8) is 0 Å². The Bertz CT molecular complexity index is 417. The van der Waals surface area contributed by atoms with Crippen molar-refractivity contribution in [2.24, 2.45) is 11.7 Å². The van der Waals surface area contributed by atoms with Crippen molar-refractivity contribution in [1.29, 1.82) is 0 Å². The van der Waals surface area contributed by atoms with Gasteiger partial charge in [0.05, 0.1) is 5.92 Å².